The van der Waals surface area contributed by atoms with Crippen molar-refractivity contribution in [1.29, 1.82) is 0 Å². The van der Waals surface area contributed by atoms with Crippen molar-refractivity contribution in [1.82, 2.24) is 10.6 Å². The Hall–Kier alpha value is -0.380. The average Bonchev–Trinajstić information content (AvgIpc) is 3.16. The maximum Gasteiger partial charge on any atom is 0.0320 e. The summed E-state index contributed by atoms with van der Waals surface area (Å²) >= 11 is 3.53. The van der Waals surface area contributed by atoms with Crippen LogP contribution in [0.5, 0.6) is 0 Å². The Balaban J connectivity index is 1.66. The smallest absolute Gasteiger partial charge is 0.0320 e. The van der Waals surface area contributed by atoms with Crippen LogP contribution < -0.4 is 10.6 Å². The Bertz CT molecular complexity index is 439. The zero-order chi connectivity index (χ0) is 14.7. The minimum absolute atomic E-state index is 0.491. The van der Waals surface area contributed by atoms with E-state index in [0.717, 1.165) is 22.9 Å². The molecule has 1 saturated heterocycles. The summed E-state index contributed by atoms with van der Waals surface area (Å²) in [5.74, 6) is 0.831. The topological polar surface area (TPSA) is 24.1 Å². The van der Waals surface area contributed by atoms with E-state index in [4.69, 9.17) is 0 Å². The molecular weight excluding hydrogens is 324 g/mol. The fourth-order valence-corrected chi connectivity index (χ4v) is 4.42. The van der Waals surface area contributed by atoms with Crippen LogP contribution in [-0.2, 0) is 0 Å². The summed E-state index contributed by atoms with van der Waals surface area (Å²) in [5, 5.41) is 7.69. The molecule has 1 aliphatic heterocycles. The van der Waals surface area contributed by atoms with E-state index in [1.807, 2.05) is 0 Å². The van der Waals surface area contributed by atoms with E-state index < -0.39 is 0 Å². The molecule has 4 atom stereocenters. The van der Waals surface area contributed by atoms with Crippen LogP contribution in [-0.4, -0.2) is 18.6 Å². The molecule has 0 radical (unpaired) electrons. The highest BCUT2D eigenvalue weighted by Gasteiger charge is 2.35. The van der Waals surface area contributed by atoms with Crippen LogP contribution in [0.15, 0.2) is 28.7 Å². The normalized spacial score (nSPS) is 30.7. The van der Waals surface area contributed by atoms with Crippen LogP contribution in [0.25, 0.3) is 0 Å². The molecule has 1 aromatic rings. The summed E-state index contributed by atoms with van der Waals surface area (Å²) in [4.78, 5) is 0. The summed E-state index contributed by atoms with van der Waals surface area (Å²) < 4.78 is 1.16. The van der Waals surface area contributed by atoms with Gasteiger partial charge in [0, 0.05) is 22.6 Å². The van der Waals surface area contributed by atoms with Crippen LogP contribution in [0.3, 0.4) is 0 Å². The average molecular weight is 351 g/mol. The lowest BCUT2D eigenvalue weighted by atomic mass is 9.91. The van der Waals surface area contributed by atoms with E-state index in [0.29, 0.717) is 12.1 Å². The van der Waals surface area contributed by atoms with Crippen molar-refractivity contribution in [3.8, 4) is 0 Å². The van der Waals surface area contributed by atoms with Crippen LogP contribution in [0, 0.1) is 5.92 Å². The van der Waals surface area contributed by atoms with Crippen LogP contribution in [0.1, 0.15) is 57.1 Å². The molecule has 1 heterocycles. The number of benzene rings is 1. The maximum absolute atomic E-state index is 3.97. The van der Waals surface area contributed by atoms with Gasteiger partial charge in [-0.1, -0.05) is 41.4 Å². The van der Waals surface area contributed by atoms with Gasteiger partial charge in [0.05, 0.1) is 0 Å². The Morgan fingerprint density at radius 2 is 2.00 bits per heavy atom. The molecule has 1 saturated carbocycles. The van der Waals surface area contributed by atoms with E-state index in [1.165, 1.54) is 44.2 Å². The van der Waals surface area contributed by atoms with Crippen LogP contribution >= 0.6 is 15.9 Å². The van der Waals surface area contributed by atoms with Gasteiger partial charge in [-0.3, -0.25) is 0 Å². The quantitative estimate of drug-likeness (QED) is 0.821. The zero-order valence-electron chi connectivity index (χ0n) is 12.9. The highest BCUT2D eigenvalue weighted by Crippen LogP contribution is 2.34. The van der Waals surface area contributed by atoms with Crippen molar-refractivity contribution in [3.05, 3.63) is 34.3 Å². The van der Waals surface area contributed by atoms with Gasteiger partial charge in [-0.25, -0.2) is 0 Å². The predicted octanol–water partition coefficient (Wildman–Crippen LogP) is 4.41. The van der Waals surface area contributed by atoms with Gasteiger partial charge in [0.25, 0.3) is 0 Å². The molecule has 1 aliphatic carbocycles. The Morgan fingerprint density at radius 1 is 1.19 bits per heavy atom. The predicted molar refractivity (Wildman–Crippen MR) is 92.5 cm³/mol. The Morgan fingerprint density at radius 3 is 2.67 bits per heavy atom. The second-order valence-electron chi connectivity index (χ2n) is 6.58. The molecule has 0 amide bonds. The largest absolute Gasteiger partial charge is 0.314 e. The molecule has 0 spiro atoms. The number of hydrogen-bond acceptors (Lipinski definition) is 2. The molecule has 2 aliphatic rings. The molecule has 2 fully saturated rings. The van der Waals surface area contributed by atoms with Gasteiger partial charge in [0.1, 0.15) is 0 Å². The van der Waals surface area contributed by atoms with Gasteiger partial charge in [-0.15, -0.1) is 0 Å². The first-order valence-electron chi connectivity index (χ1n) is 8.53. The SMILES string of the molecule is CCC(NC1CCCC1C1CCCN1)c1ccc(Br)cc1. The van der Waals surface area contributed by atoms with E-state index in [-0.39, 0.29) is 0 Å². The van der Waals surface area contributed by atoms with E-state index in [9.17, 15) is 0 Å². The standard InChI is InChI=1S/C18H27BrN2/c1-2-16(13-8-10-14(19)11-9-13)21-18-6-3-5-15(18)17-7-4-12-20-17/h8-11,15-18,20-21H,2-7,12H2,1H3. The Kier molecular flexibility index (Phi) is 5.36. The fourth-order valence-electron chi connectivity index (χ4n) is 4.16. The minimum atomic E-state index is 0.491. The van der Waals surface area contributed by atoms with E-state index >= 15 is 0 Å². The maximum atomic E-state index is 3.97. The number of halogens is 1. The first kappa shape index (κ1) is 15.5. The van der Waals surface area contributed by atoms with Crippen LogP contribution in [0.4, 0.5) is 0 Å². The van der Waals surface area contributed by atoms with Crippen molar-refractivity contribution in [2.45, 2.75) is 63.6 Å². The second kappa shape index (κ2) is 7.26. The lowest BCUT2D eigenvalue weighted by Crippen LogP contribution is -2.43. The molecule has 2 N–H and O–H groups in total. The van der Waals surface area contributed by atoms with Crippen molar-refractivity contribution in [2.24, 2.45) is 5.92 Å². The highest BCUT2D eigenvalue weighted by molar-refractivity contribution is 9.10. The lowest BCUT2D eigenvalue weighted by molar-refractivity contribution is 0.295. The third-order valence-corrected chi connectivity index (χ3v) is 5.81. The number of hydrogen-bond donors (Lipinski definition) is 2. The summed E-state index contributed by atoms with van der Waals surface area (Å²) in [7, 11) is 0. The molecule has 116 valence electrons. The van der Waals surface area contributed by atoms with E-state index in [1.54, 1.807) is 0 Å². The summed E-state index contributed by atoms with van der Waals surface area (Å²) in [6.45, 7) is 3.51. The van der Waals surface area contributed by atoms with Gasteiger partial charge in [0.15, 0.2) is 0 Å². The van der Waals surface area contributed by atoms with Crippen molar-refractivity contribution < 1.29 is 0 Å². The van der Waals surface area contributed by atoms with Gasteiger partial charge in [0.2, 0.25) is 0 Å². The van der Waals surface area contributed by atoms with Crippen molar-refractivity contribution >= 4 is 15.9 Å². The molecule has 3 rings (SSSR count). The van der Waals surface area contributed by atoms with Gasteiger partial charge in [-0.05, 0) is 62.3 Å². The highest BCUT2D eigenvalue weighted by atomic mass is 79.9. The molecule has 1 aromatic carbocycles. The first-order valence-corrected chi connectivity index (χ1v) is 9.32. The molecule has 0 bridgehead atoms. The number of nitrogens with one attached hydrogen (secondary N) is 2. The molecule has 3 heteroatoms. The minimum Gasteiger partial charge on any atom is -0.314 e. The number of rotatable bonds is 5. The Labute approximate surface area is 137 Å². The molecule has 0 aromatic heterocycles. The first-order chi connectivity index (χ1) is 10.3. The second-order valence-corrected chi connectivity index (χ2v) is 7.50. The van der Waals surface area contributed by atoms with Crippen molar-refractivity contribution in [2.75, 3.05) is 6.54 Å². The van der Waals surface area contributed by atoms with Gasteiger partial charge >= 0.3 is 0 Å². The monoisotopic (exact) mass is 350 g/mol. The summed E-state index contributed by atoms with van der Waals surface area (Å²) in [6, 6.07) is 10.8. The third kappa shape index (κ3) is 3.69. The van der Waals surface area contributed by atoms with Gasteiger partial charge in [-0.2, -0.15) is 0 Å². The molecule has 2 nitrogen and oxygen atoms in total. The molecule has 4 unspecified atom stereocenters. The molecule has 21 heavy (non-hydrogen) atoms. The fraction of sp³-hybridized carbons (Fsp3) is 0.667. The lowest BCUT2D eigenvalue weighted by Gasteiger charge is -2.30. The molecular formula is C18H27BrN2. The zero-order valence-corrected chi connectivity index (χ0v) is 14.5. The van der Waals surface area contributed by atoms with E-state index in [2.05, 4.69) is 57.8 Å². The van der Waals surface area contributed by atoms with Crippen molar-refractivity contribution in [3.63, 3.8) is 0 Å². The van der Waals surface area contributed by atoms with Crippen LogP contribution in [0.2, 0.25) is 0 Å². The summed E-state index contributed by atoms with van der Waals surface area (Å²) in [5.41, 5.74) is 1.42. The summed E-state index contributed by atoms with van der Waals surface area (Å²) in [6.07, 6.45) is 8.01. The van der Waals surface area contributed by atoms with Gasteiger partial charge < -0.3 is 10.6 Å². The third-order valence-electron chi connectivity index (χ3n) is 5.28.